The van der Waals surface area contributed by atoms with Crippen LogP contribution in [0.15, 0.2) is 30.3 Å². The molecule has 2 rings (SSSR count). The van der Waals surface area contributed by atoms with Gasteiger partial charge in [0, 0.05) is 18.5 Å². The highest BCUT2D eigenvalue weighted by molar-refractivity contribution is 5.74. The van der Waals surface area contributed by atoms with E-state index in [9.17, 15) is 4.79 Å². The smallest absolute Gasteiger partial charge is 0.218 e. The lowest BCUT2D eigenvalue weighted by molar-refractivity contribution is -0.119. The van der Waals surface area contributed by atoms with Gasteiger partial charge in [-0.15, -0.1) is 0 Å². The summed E-state index contributed by atoms with van der Waals surface area (Å²) in [6.07, 6.45) is 6.32. The lowest BCUT2D eigenvalue weighted by Gasteiger charge is -2.39. The molecule has 20 heavy (non-hydrogen) atoms. The lowest BCUT2D eigenvalue weighted by atomic mass is 9.95. The van der Waals surface area contributed by atoms with Crippen molar-refractivity contribution in [3.8, 4) is 0 Å². The first kappa shape index (κ1) is 15.0. The molecule has 2 atom stereocenters. The summed E-state index contributed by atoms with van der Waals surface area (Å²) >= 11 is 0. The van der Waals surface area contributed by atoms with Crippen molar-refractivity contribution < 1.29 is 4.79 Å². The zero-order valence-electron chi connectivity index (χ0n) is 12.4. The Labute approximate surface area is 122 Å². The van der Waals surface area contributed by atoms with Gasteiger partial charge in [0.25, 0.3) is 0 Å². The van der Waals surface area contributed by atoms with Gasteiger partial charge in [-0.05, 0) is 44.7 Å². The minimum Gasteiger partial charge on any atom is -0.370 e. The molecule has 0 aromatic heterocycles. The second-order valence-electron chi connectivity index (χ2n) is 5.93. The molecule has 2 N–H and O–H groups in total. The van der Waals surface area contributed by atoms with Crippen LogP contribution in [0.1, 0.15) is 44.6 Å². The van der Waals surface area contributed by atoms with Gasteiger partial charge in [-0.1, -0.05) is 36.8 Å². The number of piperidine rings is 1. The van der Waals surface area contributed by atoms with Gasteiger partial charge in [0.05, 0.1) is 0 Å². The summed E-state index contributed by atoms with van der Waals surface area (Å²) in [7, 11) is 0. The van der Waals surface area contributed by atoms with E-state index in [-0.39, 0.29) is 5.91 Å². The summed E-state index contributed by atoms with van der Waals surface area (Å²) in [5.74, 6) is -0.169. The number of primary amides is 1. The second-order valence-corrected chi connectivity index (χ2v) is 5.93. The maximum atomic E-state index is 11.2. The molecule has 1 aliphatic rings. The number of rotatable bonds is 6. The maximum Gasteiger partial charge on any atom is 0.218 e. The Balaban J connectivity index is 1.88. The fraction of sp³-hybridized carbons (Fsp3) is 0.588. The predicted molar refractivity (Wildman–Crippen MR) is 82.4 cm³/mol. The fourth-order valence-corrected chi connectivity index (χ4v) is 3.24. The zero-order valence-corrected chi connectivity index (χ0v) is 12.4. The van der Waals surface area contributed by atoms with Crippen molar-refractivity contribution in [1.82, 2.24) is 4.90 Å². The van der Waals surface area contributed by atoms with Crippen LogP contribution in [-0.4, -0.2) is 29.4 Å². The number of carbonyl (C=O) groups is 1. The largest absolute Gasteiger partial charge is 0.370 e. The van der Waals surface area contributed by atoms with Crippen LogP contribution in [0.5, 0.6) is 0 Å². The van der Waals surface area contributed by atoms with Crippen LogP contribution in [0.2, 0.25) is 0 Å². The van der Waals surface area contributed by atoms with E-state index in [0.717, 1.165) is 25.8 Å². The van der Waals surface area contributed by atoms with Crippen molar-refractivity contribution in [2.45, 2.75) is 57.5 Å². The van der Waals surface area contributed by atoms with Gasteiger partial charge in [0.15, 0.2) is 0 Å². The normalized spacial score (nSPS) is 21.6. The van der Waals surface area contributed by atoms with Crippen LogP contribution in [0.3, 0.4) is 0 Å². The molecular formula is C17H26N2O. The van der Waals surface area contributed by atoms with Gasteiger partial charge in [0.2, 0.25) is 5.91 Å². The molecule has 2 unspecified atom stereocenters. The fourth-order valence-electron chi connectivity index (χ4n) is 3.24. The first-order chi connectivity index (χ1) is 9.66. The summed E-state index contributed by atoms with van der Waals surface area (Å²) in [5, 5.41) is 0. The summed E-state index contributed by atoms with van der Waals surface area (Å²) in [4.78, 5) is 13.7. The molecule has 0 spiro atoms. The number of hydrogen-bond donors (Lipinski definition) is 1. The van der Waals surface area contributed by atoms with E-state index in [0.29, 0.717) is 18.5 Å². The van der Waals surface area contributed by atoms with Gasteiger partial charge in [-0.25, -0.2) is 0 Å². The molecule has 110 valence electrons. The summed E-state index contributed by atoms with van der Waals surface area (Å²) in [6.45, 7) is 3.39. The monoisotopic (exact) mass is 274 g/mol. The Morgan fingerprint density at radius 1 is 1.35 bits per heavy atom. The third-order valence-corrected chi connectivity index (χ3v) is 4.37. The van der Waals surface area contributed by atoms with Gasteiger partial charge < -0.3 is 5.73 Å². The topological polar surface area (TPSA) is 46.3 Å². The molecule has 0 radical (unpaired) electrons. The van der Waals surface area contributed by atoms with Crippen molar-refractivity contribution in [3.05, 3.63) is 35.9 Å². The highest BCUT2D eigenvalue weighted by Crippen LogP contribution is 2.23. The highest BCUT2D eigenvalue weighted by atomic mass is 16.1. The molecule has 1 aromatic carbocycles. The van der Waals surface area contributed by atoms with Crippen molar-refractivity contribution in [2.75, 3.05) is 6.54 Å². The zero-order chi connectivity index (χ0) is 14.4. The Bertz CT molecular complexity index is 418. The van der Waals surface area contributed by atoms with Crippen molar-refractivity contribution >= 4 is 5.91 Å². The van der Waals surface area contributed by atoms with Crippen LogP contribution in [0, 0.1) is 0 Å². The molecule has 0 saturated carbocycles. The molecule has 1 saturated heterocycles. The molecule has 3 heteroatoms. The average Bonchev–Trinajstić information content (AvgIpc) is 2.46. The molecular weight excluding hydrogens is 248 g/mol. The first-order valence-corrected chi connectivity index (χ1v) is 7.75. The highest BCUT2D eigenvalue weighted by Gasteiger charge is 2.27. The third-order valence-electron chi connectivity index (χ3n) is 4.37. The van der Waals surface area contributed by atoms with Crippen molar-refractivity contribution in [1.29, 1.82) is 0 Å². The molecule has 1 fully saturated rings. The number of carbonyl (C=O) groups excluding carboxylic acids is 1. The number of benzene rings is 1. The third kappa shape index (κ3) is 4.34. The second kappa shape index (κ2) is 7.44. The predicted octanol–water partition coefficient (Wildman–Crippen LogP) is 2.74. The molecule has 3 nitrogen and oxygen atoms in total. The van der Waals surface area contributed by atoms with Gasteiger partial charge in [0.1, 0.15) is 0 Å². The van der Waals surface area contributed by atoms with E-state index >= 15 is 0 Å². The summed E-state index contributed by atoms with van der Waals surface area (Å²) in [5.41, 5.74) is 6.78. The average molecular weight is 274 g/mol. The van der Waals surface area contributed by atoms with E-state index in [2.05, 4.69) is 42.2 Å². The SMILES string of the molecule is CC(CCc1ccccc1)N1CCCCC1CC(N)=O. The van der Waals surface area contributed by atoms with E-state index in [4.69, 9.17) is 5.73 Å². The minimum absolute atomic E-state index is 0.169. The van der Waals surface area contributed by atoms with Crippen LogP contribution < -0.4 is 5.73 Å². The van der Waals surface area contributed by atoms with E-state index < -0.39 is 0 Å². The van der Waals surface area contributed by atoms with Crippen molar-refractivity contribution in [2.24, 2.45) is 5.73 Å². The van der Waals surface area contributed by atoms with E-state index in [1.165, 1.54) is 18.4 Å². The molecule has 1 heterocycles. The number of hydrogen-bond acceptors (Lipinski definition) is 2. The molecule has 0 bridgehead atoms. The lowest BCUT2D eigenvalue weighted by Crippen LogP contribution is -2.46. The summed E-state index contributed by atoms with van der Waals surface area (Å²) in [6, 6.07) is 11.5. The van der Waals surface area contributed by atoms with Crippen molar-refractivity contribution in [3.63, 3.8) is 0 Å². The minimum atomic E-state index is -0.169. The Hall–Kier alpha value is -1.35. The number of nitrogens with two attached hydrogens (primary N) is 1. The van der Waals surface area contributed by atoms with Gasteiger partial charge in [-0.2, -0.15) is 0 Å². The van der Waals surface area contributed by atoms with E-state index in [1.54, 1.807) is 0 Å². The number of nitrogens with zero attached hydrogens (tertiary/aromatic N) is 1. The van der Waals surface area contributed by atoms with Crippen LogP contribution in [-0.2, 0) is 11.2 Å². The van der Waals surface area contributed by atoms with E-state index in [1.807, 2.05) is 0 Å². The summed E-state index contributed by atoms with van der Waals surface area (Å²) < 4.78 is 0. The number of amides is 1. The Morgan fingerprint density at radius 3 is 2.80 bits per heavy atom. The van der Waals surface area contributed by atoms with Crippen LogP contribution >= 0.6 is 0 Å². The van der Waals surface area contributed by atoms with Gasteiger partial charge in [-0.3, -0.25) is 9.69 Å². The maximum absolute atomic E-state index is 11.2. The Kier molecular flexibility index (Phi) is 5.60. The number of likely N-dealkylation sites (tertiary alicyclic amines) is 1. The molecule has 0 aliphatic carbocycles. The van der Waals surface area contributed by atoms with Gasteiger partial charge >= 0.3 is 0 Å². The molecule has 1 amide bonds. The van der Waals surface area contributed by atoms with Crippen LogP contribution in [0.25, 0.3) is 0 Å². The standard InChI is InChI=1S/C17H26N2O/c1-14(10-11-15-7-3-2-4-8-15)19-12-6-5-9-16(19)13-17(18)20/h2-4,7-8,14,16H,5-6,9-13H2,1H3,(H2,18,20). The quantitative estimate of drug-likeness (QED) is 0.867. The number of aryl methyl sites for hydroxylation is 1. The molecule has 1 aliphatic heterocycles. The Morgan fingerprint density at radius 2 is 2.10 bits per heavy atom. The first-order valence-electron chi connectivity index (χ1n) is 7.75. The van der Waals surface area contributed by atoms with Crippen LogP contribution in [0.4, 0.5) is 0 Å². The molecule has 1 aromatic rings.